The summed E-state index contributed by atoms with van der Waals surface area (Å²) < 4.78 is 0. The van der Waals surface area contributed by atoms with E-state index in [2.05, 4.69) is 27.7 Å². The van der Waals surface area contributed by atoms with Gasteiger partial charge >= 0.3 is 0 Å². The number of unbranched alkanes of at least 4 members (excludes halogenated alkanes) is 1. The molecule has 0 aliphatic rings. The largest absolute Gasteiger partial charge is 0.153 e. The molecule has 0 aliphatic heterocycles. The van der Waals surface area contributed by atoms with Crippen molar-refractivity contribution in [1.29, 1.82) is 0 Å². The van der Waals surface area contributed by atoms with Gasteiger partial charge in [0.1, 0.15) is 0 Å². The van der Waals surface area contributed by atoms with Gasteiger partial charge < -0.3 is 0 Å². The van der Waals surface area contributed by atoms with Crippen molar-refractivity contribution in [3.63, 3.8) is 0 Å². The first-order chi connectivity index (χ1) is 7.74. The van der Waals surface area contributed by atoms with Crippen molar-refractivity contribution in [2.24, 2.45) is 0 Å². The van der Waals surface area contributed by atoms with Gasteiger partial charge in [-0.2, -0.15) is 9.90 Å². The van der Waals surface area contributed by atoms with Gasteiger partial charge in [0.25, 0.3) is 0 Å². The molecule has 0 saturated heterocycles. The minimum atomic E-state index is 0. The molecule has 0 fully saturated rings. The van der Waals surface area contributed by atoms with E-state index in [1.807, 2.05) is 27.7 Å². The van der Waals surface area contributed by atoms with E-state index in [4.69, 9.17) is 15.7 Å². The molecule has 0 bridgehead atoms. The number of hydrogen-bond acceptors (Lipinski definition) is 0. The van der Waals surface area contributed by atoms with E-state index < -0.39 is 0 Å². The van der Waals surface area contributed by atoms with Crippen molar-refractivity contribution in [1.82, 2.24) is 0 Å². The quantitative estimate of drug-likeness (QED) is 0.382. The maximum Gasteiger partial charge on any atom is 0.0652 e. The Bertz CT molecular complexity index is 41.7. The van der Waals surface area contributed by atoms with Crippen LogP contribution in [0.25, 0.3) is 0 Å². The van der Waals surface area contributed by atoms with Crippen LogP contribution in [0.5, 0.6) is 0 Å². The fraction of sp³-hybridized carbons (Fsp3) is 1.00. The molecule has 0 aliphatic carbocycles. The lowest BCUT2D eigenvalue weighted by Crippen LogP contribution is -1.63. The molecule has 1 unspecified atom stereocenters. The third-order valence-electron chi connectivity index (χ3n) is 0.846. The fourth-order valence-corrected chi connectivity index (χ4v) is 0.204. The van der Waals surface area contributed by atoms with Crippen LogP contribution in [0.2, 0.25) is 12.6 Å². The molecule has 0 rings (SSSR count). The Labute approximate surface area is 134 Å². The van der Waals surface area contributed by atoms with Gasteiger partial charge in [0.05, 0.1) is 15.7 Å². The molecule has 3 heteroatoms. The van der Waals surface area contributed by atoms with E-state index in [1.165, 1.54) is 19.3 Å². The standard InChI is InChI=1S/C4H9B.C3H7B.C3H8.2C2H6.2CH4.H3P/c1-2-3-4-5;1-2-3-4;1-3-2;2*1-2;;;/h2-4H2,1H3;2-3H2,1H3;3H2,1-2H3;2*1-2H3;2*1H4;1H3. The predicted molar refractivity (Wildman–Crippen MR) is 110 cm³/mol. The second-order valence-electron chi connectivity index (χ2n) is 2.64. The third kappa shape index (κ3) is 402. The Balaban J connectivity index is -0.0000000134. The average Bonchev–Trinajstić information content (AvgIpc) is 2.36. The summed E-state index contributed by atoms with van der Waals surface area (Å²) in [5.74, 6) is 0. The molecule has 1 atom stereocenters. The molecule has 0 amide bonds. The van der Waals surface area contributed by atoms with Crippen molar-refractivity contribution in [3.8, 4) is 0 Å². The van der Waals surface area contributed by atoms with Crippen LogP contribution < -0.4 is 0 Å². The highest BCUT2D eigenvalue weighted by Crippen LogP contribution is 1.86. The summed E-state index contributed by atoms with van der Waals surface area (Å²) in [6, 6.07) is 0. The van der Waals surface area contributed by atoms with Gasteiger partial charge in [-0.05, 0) is 0 Å². The lowest BCUT2D eigenvalue weighted by Gasteiger charge is -1.79. The minimum absolute atomic E-state index is 0. The van der Waals surface area contributed by atoms with Crippen molar-refractivity contribution in [2.75, 3.05) is 0 Å². The average molecular weight is 292 g/mol. The van der Waals surface area contributed by atoms with Crippen molar-refractivity contribution in [3.05, 3.63) is 0 Å². The first-order valence-electron chi connectivity index (χ1n) is 7.14. The summed E-state index contributed by atoms with van der Waals surface area (Å²) in [5.41, 5.74) is 0. The van der Waals surface area contributed by atoms with Crippen LogP contribution in [0.3, 0.4) is 0 Å². The Morgan fingerprint density at radius 1 is 0.632 bits per heavy atom. The van der Waals surface area contributed by atoms with Crippen molar-refractivity contribution >= 4 is 25.6 Å². The van der Waals surface area contributed by atoms with E-state index in [0.717, 1.165) is 19.1 Å². The van der Waals surface area contributed by atoms with E-state index in [0.29, 0.717) is 0 Å². The highest BCUT2D eigenvalue weighted by atomic mass is 31.0. The summed E-state index contributed by atoms with van der Waals surface area (Å²) >= 11 is 0. The summed E-state index contributed by atoms with van der Waals surface area (Å²) in [6.45, 7) is 16.4. The monoisotopic (exact) mass is 292 g/mol. The molecule has 0 aromatic rings. The van der Waals surface area contributed by atoms with Gasteiger partial charge in [0.15, 0.2) is 0 Å². The van der Waals surface area contributed by atoms with Crippen molar-refractivity contribution in [2.45, 2.75) is 109 Å². The Morgan fingerprint density at radius 3 is 0.842 bits per heavy atom. The van der Waals surface area contributed by atoms with E-state index in [9.17, 15) is 0 Å². The van der Waals surface area contributed by atoms with Crippen molar-refractivity contribution < 1.29 is 0 Å². The molecular formula is C16H47B2P. The SMILES string of the molecule is C.C.CC.CC.CCC.P.[B]CCC.[B]CCCC. The van der Waals surface area contributed by atoms with Crippen LogP contribution in [0.4, 0.5) is 0 Å². The summed E-state index contributed by atoms with van der Waals surface area (Å²) in [6.07, 6.45) is 6.40. The predicted octanol–water partition coefficient (Wildman–Crippen LogP) is 7.16. The fourth-order valence-electron chi connectivity index (χ4n) is 0.204. The highest BCUT2D eigenvalue weighted by Gasteiger charge is 1.68. The van der Waals surface area contributed by atoms with Crippen LogP contribution in [0.15, 0.2) is 0 Å². The van der Waals surface area contributed by atoms with Crippen LogP contribution in [0.1, 0.15) is 95.9 Å². The summed E-state index contributed by atoms with van der Waals surface area (Å²) in [7, 11) is 10.2. The van der Waals surface area contributed by atoms with Gasteiger partial charge in [-0.1, -0.05) is 109 Å². The van der Waals surface area contributed by atoms with Gasteiger partial charge in [0, 0.05) is 0 Å². The summed E-state index contributed by atoms with van der Waals surface area (Å²) in [5, 5.41) is 0. The van der Waals surface area contributed by atoms with E-state index >= 15 is 0 Å². The first kappa shape index (κ1) is 50.4. The Kier molecular flexibility index (Phi) is 353. The number of rotatable bonds is 3. The molecule has 122 valence electrons. The van der Waals surface area contributed by atoms with Crippen LogP contribution in [-0.4, -0.2) is 15.7 Å². The van der Waals surface area contributed by atoms with Gasteiger partial charge in [-0.25, -0.2) is 0 Å². The maximum absolute atomic E-state index is 5.14. The smallest absolute Gasteiger partial charge is 0.0652 e. The molecular weight excluding hydrogens is 245 g/mol. The zero-order valence-corrected chi connectivity index (χ0v) is 15.5. The zero-order valence-electron chi connectivity index (χ0n) is 14.1. The third-order valence-corrected chi connectivity index (χ3v) is 0.846. The van der Waals surface area contributed by atoms with Gasteiger partial charge in [0.2, 0.25) is 0 Å². The molecule has 19 heavy (non-hydrogen) atoms. The Morgan fingerprint density at radius 2 is 0.842 bits per heavy atom. The first-order valence-corrected chi connectivity index (χ1v) is 7.14. The number of hydrogen-bond donors (Lipinski definition) is 0. The van der Waals surface area contributed by atoms with Crippen LogP contribution in [-0.2, 0) is 0 Å². The molecule has 0 aromatic heterocycles. The molecule has 0 N–H and O–H groups in total. The molecule has 0 heterocycles. The minimum Gasteiger partial charge on any atom is -0.153 e. The lowest BCUT2D eigenvalue weighted by atomic mass is 10.0. The van der Waals surface area contributed by atoms with E-state index in [1.54, 1.807) is 0 Å². The normalized spacial score (nSPS) is 5.26. The topological polar surface area (TPSA) is 0 Å². The second kappa shape index (κ2) is 133. The maximum atomic E-state index is 5.14. The Hall–Kier alpha value is 0.560. The molecule has 4 radical (unpaired) electrons. The molecule has 0 spiro atoms. The molecule has 0 aromatic carbocycles. The zero-order chi connectivity index (χ0) is 14.2. The van der Waals surface area contributed by atoms with Crippen LogP contribution >= 0.6 is 9.90 Å². The summed E-state index contributed by atoms with van der Waals surface area (Å²) in [4.78, 5) is 0. The van der Waals surface area contributed by atoms with Gasteiger partial charge in [-0.3, -0.25) is 0 Å². The molecule has 0 saturated carbocycles. The molecule has 0 nitrogen and oxygen atoms in total. The lowest BCUT2D eigenvalue weighted by molar-refractivity contribution is 0.884. The second-order valence-corrected chi connectivity index (χ2v) is 2.64. The van der Waals surface area contributed by atoms with E-state index in [-0.39, 0.29) is 24.8 Å². The van der Waals surface area contributed by atoms with Crippen LogP contribution in [0, 0.1) is 0 Å². The van der Waals surface area contributed by atoms with Gasteiger partial charge in [-0.15, -0.1) is 0 Å². The highest BCUT2D eigenvalue weighted by molar-refractivity contribution is 6.92.